The summed E-state index contributed by atoms with van der Waals surface area (Å²) in [6.45, 7) is 7.82. The molecule has 3 heterocycles. The molecule has 0 aromatic carbocycles. The SMILES string of the molecule is CCN1CCC(Nc2nc(C)nc3sc4c(c23)CCC4)CC1. The van der Waals surface area contributed by atoms with Crippen molar-refractivity contribution >= 4 is 27.4 Å². The Hall–Kier alpha value is -1.20. The molecular weight excluding hydrogens is 292 g/mol. The summed E-state index contributed by atoms with van der Waals surface area (Å²) in [6.07, 6.45) is 6.14. The Balaban J connectivity index is 1.64. The second-order valence-corrected chi connectivity index (χ2v) is 7.59. The second-order valence-electron chi connectivity index (χ2n) is 6.51. The van der Waals surface area contributed by atoms with E-state index in [1.54, 1.807) is 4.88 Å². The summed E-state index contributed by atoms with van der Waals surface area (Å²) >= 11 is 1.88. The maximum atomic E-state index is 4.76. The van der Waals surface area contributed by atoms with Crippen LogP contribution in [0.2, 0.25) is 0 Å². The average molecular weight is 316 g/mol. The first kappa shape index (κ1) is 14.4. The molecule has 0 saturated carbocycles. The van der Waals surface area contributed by atoms with Crippen LogP contribution in [-0.2, 0) is 12.8 Å². The summed E-state index contributed by atoms with van der Waals surface area (Å²) in [5, 5.41) is 5.07. The standard InChI is InChI=1S/C17H24N4S/c1-3-21-9-7-12(8-10-21)20-16-15-13-5-4-6-14(13)22-17(15)19-11(2)18-16/h12H,3-10H2,1-2H3,(H,18,19,20). The molecule has 1 saturated heterocycles. The molecule has 0 radical (unpaired) electrons. The Morgan fingerprint density at radius 1 is 1.23 bits per heavy atom. The van der Waals surface area contributed by atoms with E-state index in [-0.39, 0.29) is 0 Å². The van der Waals surface area contributed by atoms with Gasteiger partial charge in [0, 0.05) is 24.0 Å². The van der Waals surface area contributed by atoms with Crippen molar-refractivity contribution in [1.29, 1.82) is 0 Å². The van der Waals surface area contributed by atoms with E-state index >= 15 is 0 Å². The zero-order valence-electron chi connectivity index (χ0n) is 13.5. The minimum Gasteiger partial charge on any atom is -0.367 e. The third-order valence-electron chi connectivity index (χ3n) is 5.05. The highest BCUT2D eigenvalue weighted by atomic mass is 32.1. The first-order valence-corrected chi connectivity index (χ1v) is 9.34. The van der Waals surface area contributed by atoms with Gasteiger partial charge in [0.25, 0.3) is 0 Å². The van der Waals surface area contributed by atoms with Gasteiger partial charge in [-0.1, -0.05) is 6.92 Å². The molecule has 22 heavy (non-hydrogen) atoms. The van der Waals surface area contributed by atoms with Crippen LogP contribution in [0.1, 0.15) is 42.5 Å². The van der Waals surface area contributed by atoms with Crippen molar-refractivity contribution < 1.29 is 0 Å². The monoisotopic (exact) mass is 316 g/mol. The summed E-state index contributed by atoms with van der Waals surface area (Å²) in [6, 6.07) is 0.553. The van der Waals surface area contributed by atoms with Crippen molar-refractivity contribution in [2.24, 2.45) is 0 Å². The maximum absolute atomic E-state index is 4.76. The molecule has 118 valence electrons. The molecule has 0 amide bonds. The average Bonchev–Trinajstić information content (AvgIpc) is 3.08. The number of likely N-dealkylation sites (tertiary alicyclic amines) is 1. The van der Waals surface area contributed by atoms with Gasteiger partial charge in [-0.15, -0.1) is 11.3 Å². The fourth-order valence-corrected chi connectivity index (χ4v) is 5.10. The third-order valence-corrected chi connectivity index (χ3v) is 6.24. The Bertz CT molecular complexity index is 686. The Morgan fingerprint density at radius 3 is 2.82 bits per heavy atom. The topological polar surface area (TPSA) is 41.0 Å². The van der Waals surface area contributed by atoms with Gasteiger partial charge in [-0.3, -0.25) is 0 Å². The lowest BCUT2D eigenvalue weighted by Crippen LogP contribution is -2.39. The largest absolute Gasteiger partial charge is 0.367 e. The van der Waals surface area contributed by atoms with Gasteiger partial charge in [-0.2, -0.15) is 0 Å². The van der Waals surface area contributed by atoms with Gasteiger partial charge < -0.3 is 10.2 Å². The Kier molecular flexibility index (Phi) is 3.78. The summed E-state index contributed by atoms with van der Waals surface area (Å²) < 4.78 is 0. The third kappa shape index (κ3) is 2.50. The smallest absolute Gasteiger partial charge is 0.139 e. The van der Waals surface area contributed by atoms with Crippen molar-refractivity contribution in [2.45, 2.75) is 52.0 Å². The molecule has 0 spiro atoms. The summed E-state index contributed by atoms with van der Waals surface area (Å²) in [5.74, 6) is 1.98. The van der Waals surface area contributed by atoms with Crippen LogP contribution in [0.5, 0.6) is 0 Å². The summed E-state index contributed by atoms with van der Waals surface area (Å²) in [4.78, 5) is 14.7. The minimum atomic E-state index is 0.553. The number of aryl methyl sites for hydroxylation is 3. The van der Waals surface area contributed by atoms with Crippen LogP contribution in [-0.4, -0.2) is 40.5 Å². The molecule has 1 fully saturated rings. The number of fused-ring (bicyclic) bond motifs is 3. The number of rotatable bonds is 3. The van der Waals surface area contributed by atoms with E-state index in [1.165, 1.54) is 67.5 Å². The number of nitrogens with one attached hydrogen (secondary N) is 1. The maximum Gasteiger partial charge on any atom is 0.139 e. The lowest BCUT2D eigenvalue weighted by molar-refractivity contribution is 0.229. The molecule has 4 rings (SSSR count). The fourth-order valence-electron chi connectivity index (χ4n) is 3.79. The molecule has 1 N–H and O–H groups in total. The van der Waals surface area contributed by atoms with E-state index in [0.29, 0.717) is 6.04 Å². The molecule has 2 aromatic rings. The second kappa shape index (κ2) is 5.78. The molecule has 0 atom stereocenters. The van der Waals surface area contributed by atoms with Crippen molar-refractivity contribution in [2.75, 3.05) is 25.0 Å². The van der Waals surface area contributed by atoms with E-state index in [9.17, 15) is 0 Å². The lowest BCUT2D eigenvalue weighted by Gasteiger charge is -2.31. The van der Waals surface area contributed by atoms with Crippen LogP contribution in [0.15, 0.2) is 0 Å². The molecule has 1 aliphatic heterocycles. The molecule has 0 unspecified atom stereocenters. The van der Waals surface area contributed by atoms with E-state index in [0.717, 1.165) is 11.6 Å². The predicted molar refractivity (Wildman–Crippen MR) is 92.9 cm³/mol. The highest BCUT2D eigenvalue weighted by Gasteiger charge is 2.24. The van der Waals surface area contributed by atoms with Crippen LogP contribution in [0.4, 0.5) is 5.82 Å². The van der Waals surface area contributed by atoms with Crippen LogP contribution in [0.3, 0.4) is 0 Å². The van der Waals surface area contributed by atoms with Crippen LogP contribution < -0.4 is 5.32 Å². The van der Waals surface area contributed by atoms with Crippen LogP contribution >= 0.6 is 11.3 Å². The number of nitrogens with zero attached hydrogens (tertiary/aromatic N) is 3. The highest BCUT2D eigenvalue weighted by Crippen LogP contribution is 2.39. The van der Waals surface area contributed by atoms with Crippen molar-refractivity contribution in [3.63, 3.8) is 0 Å². The molecule has 2 aromatic heterocycles. The molecular formula is C17H24N4S. The molecule has 4 nitrogen and oxygen atoms in total. The Labute approximate surface area is 136 Å². The van der Waals surface area contributed by atoms with Gasteiger partial charge in [0.05, 0.1) is 5.39 Å². The quantitative estimate of drug-likeness (QED) is 0.942. The van der Waals surface area contributed by atoms with Gasteiger partial charge in [0.2, 0.25) is 0 Å². The number of anilines is 1. The van der Waals surface area contributed by atoms with Crippen LogP contribution in [0.25, 0.3) is 10.2 Å². The zero-order chi connectivity index (χ0) is 15.1. The van der Waals surface area contributed by atoms with Gasteiger partial charge in [-0.05, 0) is 51.1 Å². The number of hydrogen-bond donors (Lipinski definition) is 1. The van der Waals surface area contributed by atoms with E-state index in [4.69, 9.17) is 4.98 Å². The summed E-state index contributed by atoms with van der Waals surface area (Å²) in [5.41, 5.74) is 1.52. The number of hydrogen-bond acceptors (Lipinski definition) is 5. The fraction of sp³-hybridized carbons (Fsp3) is 0.647. The molecule has 1 aliphatic carbocycles. The minimum absolute atomic E-state index is 0.553. The van der Waals surface area contributed by atoms with Crippen molar-refractivity contribution in [3.05, 3.63) is 16.3 Å². The number of aromatic nitrogens is 2. The van der Waals surface area contributed by atoms with Gasteiger partial charge in [0.15, 0.2) is 0 Å². The van der Waals surface area contributed by atoms with Crippen molar-refractivity contribution in [1.82, 2.24) is 14.9 Å². The molecule has 0 bridgehead atoms. The van der Waals surface area contributed by atoms with E-state index < -0.39 is 0 Å². The predicted octanol–water partition coefficient (Wildman–Crippen LogP) is 3.38. The zero-order valence-corrected chi connectivity index (χ0v) is 14.3. The van der Waals surface area contributed by atoms with Crippen molar-refractivity contribution in [3.8, 4) is 0 Å². The Morgan fingerprint density at radius 2 is 2.05 bits per heavy atom. The van der Waals surface area contributed by atoms with E-state index in [2.05, 4.69) is 22.1 Å². The van der Waals surface area contributed by atoms with Gasteiger partial charge in [0.1, 0.15) is 16.5 Å². The molecule has 2 aliphatic rings. The lowest BCUT2D eigenvalue weighted by atomic mass is 10.0. The molecule has 5 heteroatoms. The van der Waals surface area contributed by atoms with E-state index in [1.807, 2.05) is 18.3 Å². The first-order valence-electron chi connectivity index (χ1n) is 8.52. The number of piperidine rings is 1. The van der Waals surface area contributed by atoms with Gasteiger partial charge >= 0.3 is 0 Å². The van der Waals surface area contributed by atoms with Gasteiger partial charge in [-0.25, -0.2) is 9.97 Å². The highest BCUT2D eigenvalue weighted by molar-refractivity contribution is 7.19. The van der Waals surface area contributed by atoms with Crippen LogP contribution in [0, 0.1) is 6.92 Å². The number of thiophene rings is 1. The summed E-state index contributed by atoms with van der Waals surface area (Å²) in [7, 11) is 0. The first-order chi connectivity index (χ1) is 10.7. The normalized spacial score (nSPS) is 19.7.